The zero-order valence-electron chi connectivity index (χ0n) is 7.96. The Balaban J connectivity index is 2.59. The van der Waals surface area contributed by atoms with Crippen molar-refractivity contribution in [3.05, 3.63) is 16.6 Å². The molecule has 0 saturated heterocycles. The minimum atomic E-state index is -0.481. The third-order valence-electron chi connectivity index (χ3n) is 1.52. The first-order chi connectivity index (χ1) is 6.65. The van der Waals surface area contributed by atoms with Gasteiger partial charge in [-0.25, -0.2) is 9.17 Å². The Morgan fingerprint density at radius 3 is 2.79 bits per heavy atom. The van der Waals surface area contributed by atoms with Crippen LogP contribution in [0.5, 0.6) is 0 Å². The predicted octanol–water partition coefficient (Wildman–Crippen LogP) is 0.911. The van der Waals surface area contributed by atoms with Gasteiger partial charge >= 0.3 is 6.03 Å². The topological polar surface area (TPSA) is 71.1 Å². The number of imide groups is 1. The summed E-state index contributed by atoms with van der Waals surface area (Å²) >= 11 is 1.08. The standard InChI is InChI=1S/C8H11N3O2S/c1-3-9-8(13)11-7(12)6-5(2)4-10-14-6/h4H,3H2,1-2H3,(H2,9,11,12,13). The second-order valence-corrected chi connectivity index (χ2v) is 3.45. The molecule has 0 fully saturated rings. The van der Waals surface area contributed by atoms with E-state index in [1.807, 2.05) is 0 Å². The maximum Gasteiger partial charge on any atom is 0.321 e. The zero-order chi connectivity index (χ0) is 10.6. The van der Waals surface area contributed by atoms with Crippen LogP contribution in [0, 0.1) is 6.92 Å². The Morgan fingerprint density at radius 1 is 1.57 bits per heavy atom. The van der Waals surface area contributed by atoms with Gasteiger partial charge in [0.1, 0.15) is 4.88 Å². The number of hydrogen-bond donors (Lipinski definition) is 2. The molecule has 3 amide bonds. The number of nitrogens with zero attached hydrogens (tertiary/aromatic N) is 1. The number of nitrogens with one attached hydrogen (secondary N) is 2. The Bertz CT molecular complexity index is 348. The van der Waals surface area contributed by atoms with Gasteiger partial charge in [-0.05, 0) is 30.9 Å². The third-order valence-corrected chi connectivity index (χ3v) is 2.42. The first-order valence-electron chi connectivity index (χ1n) is 4.15. The molecule has 0 radical (unpaired) electrons. The summed E-state index contributed by atoms with van der Waals surface area (Å²) in [7, 11) is 0. The number of carbonyl (C=O) groups excluding carboxylic acids is 2. The van der Waals surface area contributed by atoms with E-state index in [2.05, 4.69) is 15.0 Å². The van der Waals surface area contributed by atoms with Gasteiger partial charge < -0.3 is 5.32 Å². The van der Waals surface area contributed by atoms with Gasteiger partial charge in [0.05, 0.1) is 0 Å². The Hall–Kier alpha value is -1.43. The molecule has 0 unspecified atom stereocenters. The summed E-state index contributed by atoms with van der Waals surface area (Å²) in [6.45, 7) is 4.04. The molecule has 1 heterocycles. The number of hydrogen-bond acceptors (Lipinski definition) is 4. The molecule has 1 aromatic heterocycles. The first-order valence-corrected chi connectivity index (χ1v) is 4.93. The molecule has 0 aliphatic rings. The second-order valence-electron chi connectivity index (χ2n) is 2.65. The van der Waals surface area contributed by atoms with Crippen molar-refractivity contribution in [3.63, 3.8) is 0 Å². The monoisotopic (exact) mass is 213 g/mol. The highest BCUT2D eigenvalue weighted by atomic mass is 32.1. The third kappa shape index (κ3) is 2.53. The van der Waals surface area contributed by atoms with Gasteiger partial charge in [0.15, 0.2) is 0 Å². The molecule has 1 rings (SSSR count). The zero-order valence-corrected chi connectivity index (χ0v) is 8.77. The molecule has 0 saturated carbocycles. The number of aromatic nitrogens is 1. The van der Waals surface area contributed by atoms with Crippen molar-refractivity contribution in [2.45, 2.75) is 13.8 Å². The quantitative estimate of drug-likeness (QED) is 0.767. The largest absolute Gasteiger partial charge is 0.338 e. The summed E-state index contributed by atoms with van der Waals surface area (Å²) in [5.74, 6) is -0.407. The fraction of sp³-hybridized carbons (Fsp3) is 0.375. The molecule has 2 N–H and O–H groups in total. The van der Waals surface area contributed by atoms with Gasteiger partial charge in [-0.3, -0.25) is 10.1 Å². The van der Waals surface area contributed by atoms with Crippen molar-refractivity contribution in [2.75, 3.05) is 6.54 Å². The highest BCUT2D eigenvalue weighted by molar-refractivity contribution is 7.08. The number of aryl methyl sites for hydroxylation is 1. The van der Waals surface area contributed by atoms with Gasteiger partial charge in [0, 0.05) is 12.7 Å². The van der Waals surface area contributed by atoms with E-state index in [0.29, 0.717) is 11.4 Å². The molecule has 0 bridgehead atoms. The lowest BCUT2D eigenvalue weighted by molar-refractivity contribution is 0.0967. The molecule has 0 atom stereocenters. The van der Waals surface area contributed by atoms with Crippen LogP contribution in [-0.4, -0.2) is 22.9 Å². The molecule has 6 heteroatoms. The van der Waals surface area contributed by atoms with Gasteiger partial charge in [0.25, 0.3) is 5.91 Å². The summed E-state index contributed by atoms with van der Waals surface area (Å²) in [6, 6.07) is -0.481. The van der Waals surface area contributed by atoms with Crippen LogP contribution in [0.25, 0.3) is 0 Å². The average Bonchev–Trinajstić information content (AvgIpc) is 2.51. The maximum absolute atomic E-state index is 11.4. The number of rotatable bonds is 2. The van der Waals surface area contributed by atoms with E-state index in [0.717, 1.165) is 17.1 Å². The van der Waals surface area contributed by atoms with E-state index in [1.54, 1.807) is 20.0 Å². The van der Waals surface area contributed by atoms with Gasteiger partial charge in [-0.1, -0.05) is 0 Å². The normalized spacial score (nSPS) is 9.57. The molecular formula is C8H11N3O2S. The van der Waals surface area contributed by atoms with Crippen LogP contribution in [0.2, 0.25) is 0 Å². The highest BCUT2D eigenvalue weighted by Gasteiger charge is 2.13. The van der Waals surface area contributed by atoms with Crippen molar-refractivity contribution in [2.24, 2.45) is 0 Å². The van der Waals surface area contributed by atoms with Crippen LogP contribution in [0.15, 0.2) is 6.20 Å². The van der Waals surface area contributed by atoms with E-state index in [-0.39, 0.29) is 0 Å². The summed E-state index contributed by atoms with van der Waals surface area (Å²) in [5.41, 5.74) is 0.775. The van der Waals surface area contributed by atoms with Crippen LogP contribution in [0.4, 0.5) is 4.79 Å². The summed E-state index contributed by atoms with van der Waals surface area (Å²) in [5, 5.41) is 4.68. The molecular weight excluding hydrogens is 202 g/mol. The van der Waals surface area contributed by atoms with Crippen LogP contribution in [0.1, 0.15) is 22.2 Å². The van der Waals surface area contributed by atoms with Crippen molar-refractivity contribution in [1.82, 2.24) is 15.0 Å². The van der Waals surface area contributed by atoms with E-state index in [9.17, 15) is 9.59 Å². The van der Waals surface area contributed by atoms with Gasteiger partial charge in [-0.2, -0.15) is 0 Å². The van der Waals surface area contributed by atoms with Crippen molar-refractivity contribution < 1.29 is 9.59 Å². The van der Waals surface area contributed by atoms with Crippen LogP contribution in [-0.2, 0) is 0 Å². The Kier molecular flexibility index (Phi) is 3.58. The minimum Gasteiger partial charge on any atom is -0.338 e. The van der Waals surface area contributed by atoms with Crippen LogP contribution < -0.4 is 10.6 Å². The number of amides is 3. The predicted molar refractivity (Wildman–Crippen MR) is 53.4 cm³/mol. The molecule has 76 valence electrons. The lowest BCUT2D eigenvalue weighted by atomic mass is 10.3. The van der Waals surface area contributed by atoms with Crippen LogP contribution >= 0.6 is 11.5 Å². The average molecular weight is 213 g/mol. The molecule has 14 heavy (non-hydrogen) atoms. The molecule has 5 nitrogen and oxygen atoms in total. The molecule has 0 spiro atoms. The fourth-order valence-corrected chi connectivity index (χ4v) is 1.52. The Morgan fingerprint density at radius 2 is 2.29 bits per heavy atom. The summed E-state index contributed by atoms with van der Waals surface area (Å²) in [6.07, 6.45) is 1.59. The molecule has 0 aliphatic carbocycles. The van der Waals surface area contributed by atoms with Crippen LogP contribution in [0.3, 0.4) is 0 Å². The van der Waals surface area contributed by atoms with E-state index >= 15 is 0 Å². The van der Waals surface area contributed by atoms with E-state index in [1.165, 1.54) is 0 Å². The maximum atomic E-state index is 11.4. The van der Waals surface area contributed by atoms with Gasteiger partial charge in [0.2, 0.25) is 0 Å². The molecule has 0 aromatic carbocycles. The highest BCUT2D eigenvalue weighted by Crippen LogP contribution is 2.11. The Labute approximate surface area is 85.7 Å². The summed E-state index contributed by atoms with van der Waals surface area (Å²) < 4.78 is 3.85. The smallest absolute Gasteiger partial charge is 0.321 e. The van der Waals surface area contributed by atoms with E-state index in [4.69, 9.17) is 0 Å². The van der Waals surface area contributed by atoms with Gasteiger partial charge in [-0.15, -0.1) is 0 Å². The number of urea groups is 1. The lowest BCUT2D eigenvalue weighted by Gasteiger charge is -2.02. The van der Waals surface area contributed by atoms with Crippen molar-refractivity contribution in [1.29, 1.82) is 0 Å². The lowest BCUT2D eigenvalue weighted by Crippen LogP contribution is -2.39. The van der Waals surface area contributed by atoms with E-state index < -0.39 is 11.9 Å². The molecule has 1 aromatic rings. The SMILES string of the molecule is CCNC(=O)NC(=O)c1sncc1C. The van der Waals surface area contributed by atoms with Crippen molar-refractivity contribution in [3.8, 4) is 0 Å². The molecule has 0 aliphatic heterocycles. The number of carbonyl (C=O) groups is 2. The minimum absolute atomic E-state index is 0.407. The summed E-state index contributed by atoms with van der Waals surface area (Å²) in [4.78, 5) is 22.9. The fourth-order valence-electron chi connectivity index (χ4n) is 0.874. The second kappa shape index (κ2) is 4.71. The van der Waals surface area contributed by atoms with Crippen molar-refractivity contribution >= 4 is 23.5 Å². The first kappa shape index (κ1) is 10.6.